The SMILES string of the molecule is Oc1ccc(-c2ccc(C(F)(F)C(Cn3cnnn3)c3ccc(F)cc3F)nc2)cc1. The van der Waals surface area contributed by atoms with Crippen LogP contribution in [0, 0.1) is 11.6 Å². The summed E-state index contributed by atoms with van der Waals surface area (Å²) >= 11 is 0. The fourth-order valence-electron chi connectivity index (χ4n) is 3.24. The Kier molecular flexibility index (Phi) is 5.37. The molecule has 4 aromatic rings. The van der Waals surface area contributed by atoms with E-state index in [4.69, 9.17) is 0 Å². The highest BCUT2D eigenvalue weighted by Gasteiger charge is 2.45. The van der Waals surface area contributed by atoms with Crippen molar-refractivity contribution in [1.29, 1.82) is 0 Å². The maximum Gasteiger partial charge on any atom is 0.298 e. The largest absolute Gasteiger partial charge is 0.508 e. The van der Waals surface area contributed by atoms with Gasteiger partial charge in [0.25, 0.3) is 5.92 Å². The van der Waals surface area contributed by atoms with Crippen LogP contribution in [0.3, 0.4) is 0 Å². The number of pyridine rings is 1. The first-order valence-corrected chi connectivity index (χ1v) is 9.14. The molecule has 4 rings (SSSR count). The number of nitrogens with zero attached hydrogens (tertiary/aromatic N) is 5. The molecule has 0 saturated carbocycles. The van der Waals surface area contributed by atoms with Gasteiger partial charge in [-0.25, -0.2) is 13.5 Å². The Hall–Kier alpha value is -3.82. The topological polar surface area (TPSA) is 76.7 Å². The zero-order valence-corrected chi connectivity index (χ0v) is 15.8. The van der Waals surface area contributed by atoms with Gasteiger partial charge in [-0.2, -0.15) is 8.78 Å². The predicted molar refractivity (Wildman–Crippen MR) is 102 cm³/mol. The van der Waals surface area contributed by atoms with E-state index in [0.717, 1.165) is 29.2 Å². The molecule has 0 saturated heterocycles. The van der Waals surface area contributed by atoms with Crippen LogP contribution in [-0.4, -0.2) is 30.3 Å². The molecule has 0 spiro atoms. The van der Waals surface area contributed by atoms with Crippen molar-refractivity contribution in [2.75, 3.05) is 0 Å². The third-order valence-electron chi connectivity index (χ3n) is 4.84. The Morgan fingerprint density at radius 1 is 0.968 bits per heavy atom. The van der Waals surface area contributed by atoms with Gasteiger partial charge in [-0.1, -0.05) is 24.3 Å². The summed E-state index contributed by atoms with van der Waals surface area (Å²) in [6.07, 6.45) is 2.40. The molecule has 6 nitrogen and oxygen atoms in total. The molecule has 0 aliphatic rings. The van der Waals surface area contributed by atoms with Gasteiger partial charge in [0.15, 0.2) is 0 Å². The number of phenols is 1. The monoisotopic (exact) mass is 429 g/mol. The molecule has 1 N–H and O–H groups in total. The number of phenolic OH excluding ortho intramolecular Hbond substituents is 1. The molecule has 0 fully saturated rings. The first-order chi connectivity index (χ1) is 14.8. The Morgan fingerprint density at radius 3 is 2.32 bits per heavy atom. The van der Waals surface area contributed by atoms with E-state index in [1.54, 1.807) is 12.1 Å². The number of hydrogen-bond acceptors (Lipinski definition) is 5. The average molecular weight is 429 g/mol. The lowest BCUT2D eigenvalue weighted by Gasteiger charge is -2.27. The van der Waals surface area contributed by atoms with Crippen molar-refractivity contribution in [3.8, 4) is 16.9 Å². The number of aromatic hydroxyl groups is 1. The Labute approximate surface area is 173 Å². The summed E-state index contributed by atoms with van der Waals surface area (Å²) in [6.45, 7) is -0.454. The maximum absolute atomic E-state index is 15.5. The maximum atomic E-state index is 15.5. The van der Waals surface area contributed by atoms with Gasteiger partial charge in [-0.05, 0) is 45.8 Å². The van der Waals surface area contributed by atoms with Crippen LogP contribution in [0.25, 0.3) is 11.1 Å². The summed E-state index contributed by atoms with van der Waals surface area (Å²) in [6, 6.07) is 11.2. The van der Waals surface area contributed by atoms with E-state index < -0.39 is 35.7 Å². The van der Waals surface area contributed by atoms with Gasteiger partial charge in [0, 0.05) is 17.8 Å². The highest BCUT2D eigenvalue weighted by molar-refractivity contribution is 5.63. The molecule has 1 atom stereocenters. The average Bonchev–Trinajstić information content (AvgIpc) is 3.26. The van der Waals surface area contributed by atoms with E-state index in [-0.39, 0.29) is 11.3 Å². The molecule has 0 radical (unpaired) electrons. The third-order valence-corrected chi connectivity index (χ3v) is 4.84. The minimum atomic E-state index is -3.63. The van der Waals surface area contributed by atoms with Crippen LogP contribution in [0.4, 0.5) is 17.6 Å². The molecule has 1 unspecified atom stereocenters. The molecule has 0 aliphatic heterocycles. The normalized spacial score (nSPS) is 12.6. The molecule has 2 heterocycles. The van der Waals surface area contributed by atoms with Gasteiger partial charge in [0.05, 0.1) is 12.5 Å². The van der Waals surface area contributed by atoms with Crippen molar-refractivity contribution in [3.05, 3.63) is 90.0 Å². The molecule has 0 bridgehead atoms. The molecular weight excluding hydrogens is 414 g/mol. The highest BCUT2D eigenvalue weighted by Crippen LogP contribution is 2.43. The standard InChI is InChI=1S/C21H15F4N5O/c22-15-4-7-17(19(23)9-15)18(11-30-12-27-28-29-30)21(24,25)20-8-3-14(10-26-20)13-1-5-16(31)6-2-13/h1-10,12,18,31H,11H2. The lowest BCUT2D eigenvalue weighted by atomic mass is 9.89. The molecule has 10 heteroatoms. The van der Waals surface area contributed by atoms with Crippen molar-refractivity contribution < 1.29 is 22.7 Å². The second-order valence-electron chi connectivity index (χ2n) is 6.85. The minimum absolute atomic E-state index is 0.0756. The third kappa shape index (κ3) is 4.23. The molecule has 2 aromatic heterocycles. The first kappa shape index (κ1) is 20.5. The van der Waals surface area contributed by atoms with E-state index >= 15 is 8.78 Å². The van der Waals surface area contributed by atoms with Crippen LogP contribution < -0.4 is 0 Å². The number of aromatic nitrogens is 5. The lowest BCUT2D eigenvalue weighted by Crippen LogP contribution is -2.30. The number of tetrazole rings is 1. The fraction of sp³-hybridized carbons (Fsp3) is 0.143. The van der Waals surface area contributed by atoms with Crippen LogP contribution in [0.1, 0.15) is 17.2 Å². The molecule has 2 aromatic carbocycles. The van der Waals surface area contributed by atoms with E-state index in [2.05, 4.69) is 20.5 Å². The van der Waals surface area contributed by atoms with Crippen molar-refractivity contribution >= 4 is 0 Å². The number of halogens is 4. The zero-order valence-electron chi connectivity index (χ0n) is 15.8. The molecule has 31 heavy (non-hydrogen) atoms. The minimum Gasteiger partial charge on any atom is -0.508 e. The number of rotatable bonds is 6. The summed E-state index contributed by atoms with van der Waals surface area (Å²) < 4.78 is 59.9. The van der Waals surface area contributed by atoms with Crippen molar-refractivity contribution in [2.24, 2.45) is 0 Å². The van der Waals surface area contributed by atoms with Gasteiger partial charge in [-0.3, -0.25) is 4.98 Å². The smallest absolute Gasteiger partial charge is 0.298 e. The van der Waals surface area contributed by atoms with Crippen LogP contribution in [0.5, 0.6) is 5.75 Å². The molecule has 0 amide bonds. The summed E-state index contributed by atoms with van der Waals surface area (Å²) in [5, 5.41) is 19.8. The quantitative estimate of drug-likeness (QED) is 0.463. The van der Waals surface area contributed by atoms with Gasteiger partial charge < -0.3 is 5.11 Å². The van der Waals surface area contributed by atoms with Gasteiger partial charge in [-0.15, -0.1) is 5.10 Å². The Balaban J connectivity index is 1.71. The molecular formula is C21H15F4N5O. The van der Waals surface area contributed by atoms with Crippen LogP contribution in [-0.2, 0) is 12.5 Å². The summed E-state index contributed by atoms with van der Waals surface area (Å²) in [5.41, 5.74) is 0.266. The zero-order chi connectivity index (χ0) is 22.0. The van der Waals surface area contributed by atoms with Crippen LogP contribution in [0.2, 0.25) is 0 Å². The first-order valence-electron chi connectivity index (χ1n) is 9.14. The van der Waals surface area contributed by atoms with Crippen molar-refractivity contribution in [1.82, 2.24) is 25.2 Å². The van der Waals surface area contributed by atoms with Crippen molar-refractivity contribution in [2.45, 2.75) is 18.4 Å². The summed E-state index contributed by atoms with van der Waals surface area (Å²) in [7, 11) is 0. The van der Waals surface area contributed by atoms with E-state index in [9.17, 15) is 13.9 Å². The fourth-order valence-corrected chi connectivity index (χ4v) is 3.24. The van der Waals surface area contributed by atoms with Crippen LogP contribution in [0.15, 0.2) is 67.1 Å². The van der Waals surface area contributed by atoms with E-state index in [0.29, 0.717) is 17.2 Å². The highest BCUT2D eigenvalue weighted by atomic mass is 19.3. The second kappa shape index (κ2) is 8.13. The van der Waals surface area contributed by atoms with Gasteiger partial charge in [0.2, 0.25) is 0 Å². The number of benzene rings is 2. The molecule has 0 aliphatic carbocycles. The van der Waals surface area contributed by atoms with Gasteiger partial charge >= 0.3 is 0 Å². The van der Waals surface area contributed by atoms with Crippen molar-refractivity contribution in [3.63, 3.8) is 0 Å². The second-order valence-corrected chi connectivity index (χ2v) is 6.85. The number of hydrogen-bond donors (Lipinski definition) is 1. The van der Waals surface area contributed by atoms with Crippen LogP contribution >= 0.6 is 0 Å². The lowest BCUT2D eigenvalue weighted by molar-refractivity contribution is -0.0455. The number of alkyl halides is 2. The molecule has 158 valence electrons. The Morgan fingerprint density at radius 2 is 1.71 bits per heavy atom. The Bertz CT molecular complexity index is 1170. The van der Waals surface area contributed by atoms with E-state index in [1.165, 1.54) is 24.4 Å². The summed E-state index contributed by atoms with van der Waals surface area (Å²) in [5.74, 6) is -7.27. The van der Waals surface area contributed by atoms with Gasteiger partial charge in [0.1, 0.15) is 29.4 Å². The van der Waals surface area contributed by atoms with E-state index in [1.807, 2.05) is 0 Å². The predicted octanol–water partition coefficient (Wildman–Crippen LogP) is 4.29. The summed E-state index contributed by atoms with van der Waals surface area (Å²) in [4.78, 5) is 3.90.